The van der Waals surface area contributed by atoms with Crippen molar-refractivity contribution >= 4 is 65.2 Å². The molecule has 11 atom stereocenters. The van der Waals surface area contributed by atoms with Crippen LogP contribution >= 0.6 is 0 Å². The smallest absolute Gasteiger partial charge is 0.326 e. The van der Waals surface area contributed by atoms with E-state index in [-0.39, 0.29) is 44.6 Å². The molecule has 0 saturated carbocycles. The topological polar surface area (TPSA) is 408 Å². The van der Waals surface area contributed by atoms with Crippen molar-refractivity contribution in [2.75, 3.05) is 13.1 Å². The lowest BCUT2D eigenvalue weighted by atomic mass is 9.95. The van der Waals surface area contributed by atoms with Crippen LogP contribution in [0.3, 0.4) is 0 Å². The first-order chi connectivity index (χ1) is 36.9. The summed E-state index contributed by atoms with van der Waals surface area (Å²) in [6, 6.07) is 3.57. The molecule has 1 saturated heterocycles. The molecule has 78 heavy (non-hydrogen) atoms. The molecule has 3 rings (SSSR count). The number of carboxylic acid groups (broad SMARTS) is 3. The van der Waals surface area contributed by atoms with Gasteiger partial charge in [0.05, 0.1) is 18.9 Å². The van der Waals surface area contributed by atoms with Crippen LogP contribution in [0.15, 0.2) is 60.7 Å². The lowest BCUT2D eigenvalue weighted by Crippen LogP contribution is -2.62. The van der Waals surface area contributed by atoms with Crippen molar-refractivity contribution in [1.82, 2.24) is 42.1 Å². The quantitative estimate of drug-likeness (QED) is 0.0374. The Labute approximate surface area is 453 Å². The lowest BCUT2D eigenvalue weighted by Gasteiger charge is -2.31. The highest BCUT2D eigenvalue weighted by molar-refractivity contribution is 5.99. The molecule has 2 aromatic carbocycles. The lowest BCUT2D eigenvalue weighted by molar-refractivity contribution is -0.147. The number of hydrogen-bond donors (Lipinski definition) is 13. The maximum absolute atomic E-state index is 14.5. The summed E-state index contributed by atoms with van der Waals surface area (Å²) in [6.07, 6.45) is -1.85. The second kappa shape index (κ2) is 32.3. The van der Waals surface area contributed by atoms with Crippen molar-refractivity contribution in [1.29, 1.82) is 0 Å². The molecule has 0 bridgehead atoms. The maximum atomic E-state index is 14.5. The number of aliphatic hydroxyl groups is 1. The molecule has 1 aliphatic rings. The minimum atomic E-state index is -1.76. The van der Waals surface area contributed by atoms with Gasteiger partial charge in [-0.05, 0) is 75.0 Å². The highest BCUT2D eigenvalue weighted by atomic mass is 16.4. The molecule has 25 nitrogen and oxygen atoms in total. The van der Waals surface area contributed by atoms with Gasteiger partial charge in [0.1, 0.15) is 54.4 Å². The number of rotatable bonds is 33. The fourth-order valence-corrected chi connectivity index (χ4v) is 8.62. The Morgan fingerprint density at radius 1 is 0.603 bits per heavy atom. The largest absolute Gasteiger partial charge is 0.481 e. The van der Waals surface area contributed by atoms with Gasteiger partial charge in [-0.2, -0.15) is 0 Å². The molecule has 0 radical (unpaired) electrons. The molecule has 1 fully saturated rings. The molecule has 25 heteroatoms. The second-order valence-corrected chi connectivity index (χ2v) is 20.0. The van der Waals surface area contributed by atoms with Crippen molar-refractivity contribution in [2.45, 2.75) is 166 Å². The summed E-state index contributed by atoms with van der Waals surface area (Å²) in [5, 5.41) is 56.8. The van der Waals surface area contributed by atoms with Crippen LogP contribution in [0.4, 0.5) is 0 Å². The van der Waals surface area contributed by atoms with E-state index >= 15 is 0 Å². The Morgan fingerprint density at radius 2 is 1.08 bits per heavy atom. The average Bonchev–Trinajstić information content (AvgIpc) is 3.91. The molecule has 0 spiro atoms. The highest BCUT2D eigenvalue weighted by Crippen LogP contribution is 2.21. The standard InChI is InChI=1S/C53H78N10O15/c1-6-30(4)44(62-48(72)35(24-29(2)3)57-45(69)36(25-32-16-9-7-10-17-32)58-47(71)38(27-41(65)66)59-50(74)43(55)31(5)64)51(75)60-37(26-33-18-11-8-12-19-33)46(70)61-39(28-42(67)68)52(76)63-23-15-21-40(63)49(73)56-34(53(77)78)20-13-14-22-54/h7-12,16-19,29-31,34-40,43-44,64H,6,13-15,20-28,54-55H2,1-5H3,(H,56,73)(H,57,69)(H,58,71)(H,59,74)(H,60,75)(H,61,70)(H,62,72)(H,65,66)(H,67,68)(H,77,78)/t30-,31+,34-,35-,36-,37-,38-,39-,40-,43-,44-/m0/s1. The van der Waals surface area contributed by atoms with Crippen LogP contribution in [0.25, 0.3) is 0 Å². The molecule has 0 aliphatic carbocycles. The molecule has 1 heterocycles. The van der Waals surface area contributed by atoms with Crippen LogP contribution in [0, 0.1) is 11.8 Å². The van der Waals surface area contributed by atoms with E-state index < -0.39 is 144 Å². The molecule has 2 aromatic rings. The average molecular weight is 1100 g/mol. The Morgan fingerprint density at radius 3 is 1.56 bits per heavy atom. The monoisotopic (exact) mass is 1090 g/mol. The third-order valence-corrected chi connectivity index (χ3v) is 13.2. The number of unbranched alkanes of at least 4 members (excludes halogenated alkanes) is 1. The number of benzene rings is 2. The number of aliphatic carboxylic acids is 3. The molecule has 8 amide bonds. The van der Waals surface area contributed by atoms with Crippen LogP contribution in [0.1, 0.15) is 104 Å². The SMILES string of the molecule is CC[C@H](C)[C@H](NC(=O)[C@H](CC(C)C)NC(=O)[C@H](Cc1ccccc1)NC(=O)[C@H](CC(=O)O)NC(=O)[C@@H](N)[C@@H](C)O)C(=O)N[C@@H](Cc1ccccc1)C(=O)N[C@@H](CC(=O)O)C(=O)N1CCC[C@H]1C(=O)N[C@@H](CCCCN)C(=O)O. The summed E-state index contributed by atoms with van der Waals surface area (Å²) < 4.78 is 0. The summed E-state index contributed by atoms with van der Waals surface area (Å²) in [5.74, 6) is -12.6. The van der Waals surface area contributed by atoms with E-state index in [1.807, 2.05) is 0 Å². The molecule has 430 valence electrons. The summed E-state index contributed by atoms with van der Waals surface area (Å²) in [4.78, 5) is 149. The Hall–Kier alpha value is -7.51. The highest BCUT2D eigenvalue weighted by Gasteiger charge is 2.41. The van der Waals surface area contributed by atoms with E-state index in [0.717, 1.165) is 4.90 Å². The normalized spacial score (nSPS) is 17.0. The number of nitrogens with two attached hydrogens (primary N) is 2. The van der Waals surface area contributed by atoms with Gasteiger partial charge in [-0.15, -0.1) is 0 Å². The van der Waals surface area contributed by atoms with Crippen molar-refractivity contribution in [3.8, 4) is 0 Å². The number of nitrogens with zero attached hydrogens (tertiary/aromatic N) is 1. The van der Waals surface area contributed by atoms with Crippen LogP contribution in [-0.4, -0.2) is 164 Å². The van der Waals surface area contributed by atoms with E-state index in [1.165, 1.54) is 6.92 Å². The number of nitrogens with one attached hydrogen (secondary N) is 7. The van der Waals surface area contributed by atoms with E-state index in [1.54, 1.807) is 88.4 Å². The molecule has 0 aromatic heterocycles. The van der Waals surface area contributed by atoms with Gasteiger partial charge in [0, 0.05) is 19.4 Å². The van der Waals surface area contributed by atoms with Crippen LogP contribution in [-0.2, 0) is 65.6 Å². The zero-order valence-electron chi connectivity index (χ0n) is 44.8. The van der Waals surface area contributed by atoms with Gasteiger partial charge in [0.25, 0.3) is 0 Å². The molecule has 15 N–H and O–H groups in total. The number of carboxylic acids is 3. The maximum Gasteiger partial charge on any atom is 0.326 e. The molecule has 0 unspecified atom stereocenters. The summed E-state index contributed by atoms with van der Waals surface area (Å²) in [5.41, 5.74) is 12.3. The summed E-state index contributed by atoms with van der Waals surface area (Å²) in [7, 11) is 0. The number of hydrogen-bond acceptors (Lipinski definition) is 14. The summed E-state index contributed by atoms with van der Waals surface area (Å²) in [6.45, 7) is 8.45. The summed E-state index contributed by atoms with van der Waals surface area (Å²) >= 11 is 0. The van der Waals surface area contributed by atoms with Gasteiger partial charge in [0.15, 0.2) is 0 Å². The fourth-order valence-electron chi connectivity index (χ4n) is 8.62. The molecular formula is C53H78N10O15. The number of carbonyl (C=O) groups excluding carboxylic acids is 8. The van der Waals surface area contributed by atoms with Crippen molar-refractivity contribution < 1.29 is 73.2 Å². The van der Waals surface area contributed by atoms with Crippen molar-refractivity contribution in [3.63, 3.8) is 0 Å². The number of aliphatic hydroxyl groups excluding tert-OH is 1. The van der Waals surface area contributed by atoms with E-state index in [0.29, 0.717) is 43.4 Å². The Balaban J connectivity index is 1.94. The van der Waals surface area contributed by atoms with Crippen LogP contribution in [0.5, 0.6) is 0 Å². The zero-order chi connectivity index (χ0) is 58.2. The Bertz CT molecular complexity index is 2380. The van der Waals surface area contributed by atoms with E-state index in [2.05, 4.69) is 37.2 Å². The Kier molecular flexibility index (Phi) is 26.8. The van der Waals surface area contributed by atoms with Crippen LogP contribution in [0.2, 0.25) is 0 Å². The fraction of sp³-hybridized carbons (Fsp3) is 0.566. The molecule has 1 aliphatic heterocycles. The number of amides is 8. The third kappa shape index (κ3) is 21.1. The second-order valence-electron chi connectivity index (χ2n) is 20.0. The predicted octanol–water partition coefficient (Wildman–Crippen LogP) is -1.18. The van der Waals surface area contributed by atoms with Gasteiger partial charge in [0.2, 0.25) is 47.3 Å². The molecular weight excluding hydrogens is 1020 g/mol. The van der Waals surface area contributed by atoms with E-state index in [9.17, 15) is 73.2 Å². The van der Waals surface area contributed by atoms with Gasteiger partial charge < -0.3 is 74.0 Å². The minimum absolute atomic E-state index is 0.000147. The van der Waals surface area contributed by atoms with Gasteiger partial charge in [-0.3, -0.25) is 47.9 Å². The van der Waals surface area contributed by atoms with Crippen molar-refractivity contribution in [3.05, 3.63) is 71.8 Å². The van der Waals surface area contributed by atoms with Gasteiger partial charge >= 0.3 is 17.9 Å². The van der Waals surface area contributed by atoms with Gasteiger partial charge in [-0.25, -0.2) is 4.79 Å². The number of carbonyl (C=O) groups is 11. The first-order valence-corrected chi connectivity index (χ1v) is 26.2. The zero-order valence-corrected chi connectivity index (χ0v) is 44.8. The predicted molar refractivity (Wildman–Crippen MR) is 282 cm³/mol. The van der Waals surface area contributed by atoms with Gasteiger partial charge in [-0.1, -0.05) is 94.8 Å². The van der Waals surface area contributed by atoms with Crippen LogP contribution < -0.4 is 48.7 Å². The third-order valence-electron chi connectivity index (χ3n) is 13.2. The first kappa shape index (κ1) is 64.8. The first-order valence-electron chi connectivity index (χ1n) is 26.2. The van der Waals surface area contributed by atoms with E-state index in [4.69, 9.17) is 11.5 Å². The minimum Gasteiger partial charge on any atom is -0.481 e. The van der Waals surface area contributed by atoms with Crippen molar-refractivity contribution in [2.24, 2.45) is 23.3 Å². The number of likely N-dealkylation sites (tertiary alicyclic amines) is 1.